The second-order valence-electron chi connectivity index (χ2n) is 8.10. The van der Waals surface area contributed by atoms with Gasteiger partial charge in [-0.2, -0.15) is 0 Å². The quantitative estimate of drug-likeness (QED) is 0.799. The molecular formula is C21H32ClN3O2. The molecule has 2 saturated heterocycles. The third-order valence-corrected chi connectivity index (χ3v) is 5.97. The fourth-order valence-electron chi connectivity index (χ4n) is 4.07. The zero-order valence-corrected chi connectivity index (χ0v) is 17.4. The molecule has 0 radical (unpaired) electrons. The summed E-state index contributed by atoms with van der Waals surface area (Å²) in [7, 11) is 0. The fourth-order valence-corrected chi connectivity index (χ4v) is 4.07. The third kappa shape index (κ3) is 4.64. The largest absolute Gasteiger partial charge is 0.342 e. The summed E-state index contributed by atoms with van der Waals surface area (Å²) < 4.78 is 0. The van der Waals surface area contributed by atoms with Gasteiger partial charge in [0, 0.05) is 31.4 Å². The van der Waals surface area contributed by atoms with E-state index >= 15 is 0 Å². The van der Waals surface area contributed by atoms with Crippen molar-refractivity contribution in [1.82, 2.24) is 4.90 Å². The lowest BCUT2D eigenvalue weighted by Gasteiger charge is -2.34. The van der Waals surface area contributed by atoms with Gasteiger partial charge in [-0.15, -0.1) is 12.4 Å². The minimum absolute atomic E-state index is 0. The van der Waals surface area contributed by atoms with Gasteiger partial charge in [0.15, 0.2) is 0 Å². The van der Waals surface area contributed by atoms with Crippen molar-refractivity contribution in [1.29, 1.82) is 0 Å². The molecule has 2 unspecified atom stereocenters. The van der Waals surface area contributed by atoms with E-state index in [4.69, 9.17) is 5.73 Å². The number of halogens is 1. The van der Waals surface area contributed by atoms with E-state index in [1.807, 2.05) is 24.0 Å². The first kappa shape index (κ1) is 21.7. The summed E-state index contributed by atoms with van der Waals surface area (Å²) in [5, 5.41) is 0. The molecule has 27 heavy (non-hydrogen) atoms. The minimum atomic E-state index is -0.522. The van der Waals surface area contributed by atoms with Crippen molar-refractivity contribution in [3.63, 3.8) is 0 Å². The maximum atomic E-state index is 12.9. The summed E-state index contributed by atoms with van der Waals surface area (Å²) in [6, 6.07) is 8.30. The Balaban J connectivity index is 0.00000261. The van der Waals surface area contributed by atoms with Crippen molar-refractivity contribution in [3.05, 3.63) is 29.8 Å². The Bertz CT molecular complexity index is 652. The Morgan fingerprint density at radius 2 is 1.63 bits per heavy atom. The van der Waals surface area contributed by atoms with E-state index in [-0.39, 0.29) is 30.3 Å². The Labute approximate surface area is 168 Å². The van der Waals surface area contributed by atoms with Crippen LogP contribution < -0.4 is 10.6 Å². The van der Waals surface area contributed by atoms with Gasteiger partial charge in [-0.25, -0.2) is 0 Å². The van der Waals surface area contributed by atoms with Gasteiger partial charge in [0.25, 0.3) is 0 Å². The van der Waals surface area contributed by atoms with Gasteiger partial charge in [-0.1, -0.05) is 26.0 Å². The Kier molecular flexibility index (Phi) is 7.29. The molecule has 1 aromatic rings. The Hall–Kier alpha value is -1.59. The second-order valence-corrected chi connectivity index (χ2v) is 8.10. The fraction of sp³-hybridized carbons (Fsp3) is 0.619. The molecule has 5 nitrogen and oxygen atoms in total. The number of carbonyl (C=O) groups is 2. The van der Waals surface area contributed by atoms with Crippen LogP contribution in [-0.4, -0.2) is 42.4 Å². The number of nitrogens with zero attached hydrogens (tertiary/aromatic N) is 2. The first-order chi connectivity index (χ1) is 12.4. The highest BCUT2D eigenvalue weighted by Crippen LogP contribution is 2.29. The molecule has 2 atom stereocenters. The maximum Gasteiger partial charge on any atom is 0.239 e. The third-order valence-electron chi connectivity index (χ3n) is 5.97. The van der Waals surface area contributed by atoms with E-state index in [0.29, 0.717) is 24.8 Å². The second kappa shape index (κ2) is 9.07. The SMILES string of the molecule is CC(C)c1ccc(N2CCC(C(=O)N3CCC(C(C)N)CC3)C2=O)cc1.Cl. The summed E-state index contributed by atoms with van der Waals surface area (Å²) in [4.78, 5) is 29.3. The molecule has 0 aromatic heterocycles. The summed E-state index contributed by atoms with van der Waals surface area (Å²) in [6.07, 6.45) is 2.48. The van der Waals surface area contributed by atoms with E-state index in [0.717, 1.165) is 31.6 Å². The summed E-state index contributed by atoms with van der Waals surface area (Å²) >= 11 is 0. The normalized spacial score (nSPS) is 22.1. The number of hydrogen-bond donors (Lipinski definition) is 1. The molecule has 0 spiro atoms. The van der Waals surface area contributed by atoms with Crippen LogP contribution in [0.25, 0.3) is 0 Å². The molecule has 2 fully saturated rings. The monoisotopic (exact) mass is 393 g/mol. The smallest absolute Gasteiger partial charge is 0.239 e. The first-order valence-electron chi connectivity index (χ1n) is 9.84. The molecule has 2 aliphatic heterocycles. The van der Waals surface area contributed by atoms with Crippen LogP contribution >= 0.6 is 12.4 Å². The minimum Gasteiger partial charge on any atom is -0.342 e. The number of piperidine rings is 1. The number of benzene rings is 1. The first-order valence-corrected chi connectivity index (χ1v) is 9.84. The molecule has 2 aliphatic rings. The lowest BCUT2D eigenvalue weighted by molar-refractivity contribution is -0.141. The van der Waals surface area contributed by atoms with Crippen LogP contribution in [0.15, 0.2) is 24.3 Å². The highest BCUT2D eigenvalue weighted by Gasteiger charge is 2.40. The molecule has 3 rings (SSSR count). The average Bonchev–Trinajstić information content (AvgIpc) is 3.02. The van der Waals surface area contributed by atoms with Crippen LogP contribution in [0.4, 0.5) is 5.69 Å². The van der Waals surface area contributed by atoms with Gasteiger partial charge in [-0.05, 0) is 55.7 Å². The molecule has 2 amide bonds. The molecule has 6 heteroatoms. The summed E-state index contributed by atoms with van der Waals surface area (Å²) in [5.41, 5.74) is 8.13. The number of likely N-dealkylation sites (tertiary alicyclic amines) is 1. The number of nitrogens with two attached hydrogens (primary N) is 1. The van der Waals surface area contributed by atoms with Crippen molar-refractivity contribution in [2.24, 2.45) is 17.6 Å². The average molecular weight is 394 g/mol. The van der Waals surface area contributed by atoms with Gasteiger partial charge in [-0.3, -0.25) is 9.59 Å². The zero-order valence-electron chi connectivity index (χ0n) is 16.6. The Morgan fingerprint density at radius 3 is 2.15 bits per heavy atom. The van der Waals surface area contributed by atoms with Crippen LogP contribution in [0.1, 0.15) is 51.5 Å². The van der Waals surface area contributed by atoms with Crippen molar-refractivity contribution < 1.29 is 9.59 Å². The van der Waals surface area contributed by atoms with Gasteiger partial charge < -0.3 is 15.5 Å². The predicted molar refractivity (Wildman–Crippen MR) is 111 cm³/mol. The molecule has 0 bridgehead atoms. The number of carbonyl (C=O) groups excluding carboxylic acids is 2. The van der Waals surface area contributed by atoms with E-state index in [2.05, 4.69) is 26.0 Å². The van der Waals surface area contributed by atoms with Crippen molar-refractivity contribution >= 4 is 29.9 Å². The van der Waals surface area contributed by atoms with Crippen LogP contribution in [0.5, 0.6) is 0 Å². The number of rotatable bonds is 4. The van der Waals surface area contributed by atoms with Gasteiger partial charge in [0.05, 0.1) is 0 Å². The molecule has 1 aromatic carbocycles. The highest BCUT2D eigenvalue weighted by molar-refractivity contribution is 6.09. The molecule has 2 N–H and O–H groups in total. The van der Waals surface area contributed by atoms with E-state index in [1.54, 1.807) is 4.90 Å². The van der Waals surface area contributed by atoms with Gasteiger partial charge in [0.1, 0.15) is 5.92 Å². The lowest BCUT2D eigenvalue weighted by Crippen LogP contribution is -2.46. The van der Waals surface area contributed by atoms with E-state index in [9.17, 15) is 9.59 Å². The molecule has 0 saturated carbocycles. The summed E-state index contributed by atoms with van der Waals surface area (Å²) in [6.45, 7) is 8.39. The molecular weight excluding hydrogens is 362 g/mol. The maximum absolute atomic E-state index is 12.9. The highest BCUT2D eigenvalue weighted by atomic mass is 35.5. The van der Waals surface area contributed by atoms with Crippen molar-refractivity contribution in [2.45, 2.75) is 52.0 Å². The van der Waals surface area contributed by atoms with Crippen LogP contribution in [0, 0.1) is 11.8 Å². The van der Waals surface area contributed by atoms with Gasteiger partial charge >= 0.3 is 0 Å². The standard InChI is InChI=1S/C21H31N3O2.ClH/c1-14(2)16-4-6-18(7-5-16)24-13-10-19(21(24)26)20(25)23-11-8-17(9-12-23)15(3)22;/h4-7,14-15,17,19H,8-13,22H2,1-3H3;1H. The Morgan fingerprint density at radius 1 is 1.04 bits per heavy atom. The van der Waals surface area contributed by atoms with Crippen molar-refractivity contribution in [2.75, 3.05) is 24.5 Å². The van der Waals surface area contributed by atoms with Crippen LogP contribution in [-0.2, 0) is 9.59 Å². The number of amides is 2. The molecule has 2 heterocycles. The zero-order chi connectivity index (χ0) is 18.8. The van der Waals surface area contributed by atoms with E-state index in [1.165, 1.54) is 5.56 Å². The van der Waals surface area contributed by atoms with Crippen molar-refractivity contribution in [3.8, 4) is 0 Å². The van der Waals surface area contributed by atoms with Crippen LogP contribution in [0.2, 0.25) is 0 Å². The number of hydrogen-bond acceptors (Lipinski definition) is 3. The van der Waals surface area contributed by atoms with Crippen LogP contribution in [0.3, 0.4) is 0 Å². The van der Waals surface area contributed by atoms with E-state index < -0.39 is 5.92 Å². The van der Waals surface area contributed by atoms with Gasteiger partial charge in [0.2, 0.25) is 11.8 Å². The topological polar surface area (TPSA) is 66.6 Å². The molecule has 150 valence electrons. The lowest BCUT2D eigenvalue weighted by atomic mass is 9.90. The number of anilines is 1. The summed E-state index contributed by atoms with van der Waals surface area (Å²) in [5.74, 6) is 0.369. The predicted octanol–water partition coefficient (Wildman–Crippen LogP) is 3.17. The molecule has 0 aliphatic carbocycles.